The van der Waals surface area contributed by atoms with Crippen molar-refractivity contribution in [1.82, 2.24) is 9.71 Å². The number of carbonyl (C=O) groups excluding carboxylic acids is 1. The molecule has 0 unspecified atom stereocenters. The molecule has 1 aromatic heterocycles. The number of hydrogen-bond acceptors (Lipinski definition) is 8. The number of amides is 1. The van der Waals surface area contributed by atoms with Gasteiger partial charge in [-0.05, 0) is 68.7 Å². The lowest BCUT2D eigenvalue weighted by Gasteiger charge is -2.35. The van der Waals surface area contributed by atoms with Gasteiger partial charge in [0, 0.05) is 50.1 Å². The Balaban J connectivity index is 1.17. The van der Waals surface area contributed by atoms with Crippen molar-refractivity contribution in [3.63, 3.8) is 0 Å². The molecule has 2 aliphatic heterocycles. The summed E-state index contributed by atoms with van der Waals surface area (Å²) < 4.78 is 34.8. The van der Waals surface area contributed by atoms with Crippen LogP contribution in [0, 0.1) is 5.41 Å². The molecule has 2 saturated carbocycles. The second kappa shape index (κ2) is 8.99. The van der Waals surface area contributed by atoms with Crippen molar-refractivity contribution in [2.45, 2.75) is 68.1 Å². The van der Waals surface area contributed by atoms with E-state index in [1.807, 2.05) is 17.0 Å². The summed E-state index contributed by atoms with van der Waals surface area (Å²) >= 11 is 6.29. The number of pyridine rings is 1. The number of benzene rings is 1. The first-order valence-corrected chi connectivity index (χ1v) is 15.1. The Labute approximate surface area is 228 Å². The van der Waals surface area contributed by atoms with Crippen LogP contribution in [-0.4, -0.2) is 61.8 Å². The van der Waals surface area contributed by atoms with Gasteiger partial charge in [0.25, 0.3) is 15.9 Å². The van der Waals surface area contributed by atoms with Crippen molar-refractivity contribution < 1.29 is 23.1 Å². The quantitative estimate of drug-likeness (QED) is 0.529. The van der Waals surface area contributed by atoms with E-state index in [1.165, 1.54) is 18.9 Å². The number of carbonyl (C=O) groups is 1. The maximum absolute atomic E-state index is 13.3. The lowest BCUT2D eigenvalue weighted by atomic mass is 9.93. The van der Waals surface area contributed by atoms with Crippen LogP contribution in [0.3, 0.4) is 0 Å². The van der Waals surface area contributed by atoms with E-state index >= 15 is 0 Å². The van der Waals surface area contributed by atoms with Gasteiger partial charge in [0.1, 0.15) is 11.6 Å². The van der Waals surface area contributed by atoms with Gasteiger partial charge in [-0.3, -0.25) is 4.79 Å². The molecule has 1 spiro atoms. The molecule has 3 heterocycles. The van der Waals surface area contributed by atoms with Gasteiger partial charge in [0.15, 0.2) is 10.6 Å². The predicted octanol–water partition coefficient (Wildman–Crippen LogP) is 3.49. The molecule has 2 aromatic rings. The van der Waals surface area contributed by atoms with Crippen LogP contribution in [0.5, 0.6) is 5.75 Å². The van der Waals surface area contributed by atoms with E-state index in [0.29, 0.717) is 54.4 Å². The van der Waals surface area contributed by atoms with Gasteiger partial charge in [-0.15, -0.1) is 0 Å². The number of aliphatic hydroxyl groups is 1. The molecule has 1 amide bonds. The molecule has 0 bridgehead atoms. The van der Waals surface area contributed by atoms with Gasteiger partial charge in [-0.1, -0.05) is 17.7 Å². The first-order valence-electron chi connectivity index (χ1n) is 13.2. The number of anilines is 2. The first kappa shape index (κ1) is 25.7. The Bertz CT molecular complexity index is 1360. The number of rotatable bonds is 7. The molecule has 38 heavy (non-hydrogen) atoms. The molecular weight excluding hydrogens is 528 g/mol. The second-order valence-corrected chi connectivity index (χ2v) is 13.7. The fourth-order valence-corrected chi connectivity index (χ4v) is 6.74. The van der Waals surface area contributed by atoms with Crippen LogP contribution in [0.25, 0.3) is 0 Å². The van der Waals surface area contributed by atoms with Crippen LogP contribution in [-0.2, 0) is 14.8 Å². The highest BCUT2D eigenvalue weighted by atomic mass is 35.5. The largest absolute Gasteiger partial charge is 0.475 e. The predicted molar refractivity (Wildman–Crippen MR) is 144 cm³/mol. The number of halogens is 1. The zero-order valence-electron chi connectivity index (χ0n) is 21.5. The number of aromatic nitrogens is 1. The van der Waals surface area contributed by atoms with E-state index in [2.05, 4.69) is 14.6 Å². The number of β-amino-alcohol motifs (C(OH)–C–C–N with tert-alkyl or cyclic N) is 1. The zero-order valence-corrected chi connectivity index (χ0v) is 23.0. The summed E-state index contributed by atoms with van der Waals surface area (Å²) in [4.78, 5) is 21.7. The summed E-state index contributed by atoms with van der Waals surface area (Å²) in [6.45, 7) is 4.49. The van der Waals surface area contributed by atoms with Crippen molar-refractivity contribution in [1.29, 1.82) is 0 Å². The Kier molecular flexibility index (Phi) is 6.08. The molecule has 4 fully saturated rings. The number of sulfonamides is 1. The second-order valence-electron chi connectivity index (χ2n) is 11.6. The minimum atomic E-state index is -4.24. The van der Waals surface area contributed by atoms with Gasteiger partial charge in [0.2, 0.25) is 0 Å². The molecule has 2 saturated heterocycles. The first-order chi connectivity index (χ1) is 18.0. The maximum atomic E-state index is 13.3. The van der Waals surface area contributed by atoms with Crippen molar-refractivity contribution in [3.8, 4) is 5.75 Å². The van der Waals surface area contributed by atoms with Crippen LogP contribution in [0.2, 0.25) is 5.02 Å². The smallest absolute Gasteiger partial charge is 0.281 e. The van der Waals surface area contributed by atoms with Crippen molar-refractivity contribution >= 4 is 39.0 Å². The molecule has 6 rings (SSSR count). The van der Waals surface area contributed by atoms with Gasteiger partial charge >= 0.3 is 0 Å². The van der Waals surface area contributed by atoms with E-state index in [9.17, 15) is 18.3 Å². The summed E-state index contributed by atoms with van der Waals surface area (Å²) in [5, 5.41) is 10.5. The van der Waals surface area contributed by atoms with E-state index in [-0.39, 0.29) is 5.03 Å². The third-order valence-corrected chi connectivity index (χ3v) is 9.92. The van der Waals surface area contributed by atoms with E-state index in [4.69, 9.17) is 16.3 Å². The molecule has 1 aromatic carbocycles. The summed E-state index contributed by atoms with van der Waals surface area (Å²) in [6, 6.07) is 10.1. The molecule has 2 aliphatic carbocycles. The maximum Gasteiger partial charge on any atom is 0.281 e. The average Bonchev–Trinajstić information content (AvgIpc) is 3.79. The van der Waals surface area contributed by atoms with Crippen LogP contribution in [0.15, 0.2) is 41.4 Å². The average molecular weight is 561 g/mol. The lowest BCUT2D eigenvalue weighted by Crippen LogP contribution is -2.44. The van der Waals surface area contributed by atoms with Crippen molar-refractivity contribution in [3.05, 3.63) is 41.4 Å². The third-order valence-electron chi connectivity index (χ3n) is 8.45. The van der Waals surface area contributed by atoms with Gasteiger partial charge < -0.3 is 19.6 Å². The third kappa shape index (κ3) is 5.05. The van der Waals surface area contributed by atoms with Crippen molar-refractivity contribution in [2.24, 2.45) is 5.41 Å². The fraction of sp³-hybridized carbons (Fsp3) is 0.556. The highest BCUT2D eigenvalue weighted by molar-refractivity contribution is 7.90. The molecule has 204 valence electrons. The van der Waals surface area contributed by atoms with Gasteiger partial charge in [-0.25, -0.2) is 9.71 Å². The SMILES string of the molecule is C[C@]1(O)CCN(c2cccc(S(=O)(=O)NC(=O)C3(Oc4cc(Cl)ccc4N4CCC5(CC4)CC5)CC3)n2)C1. The molecular formula is C27H33ClN4O5S. The van der Waals surface area contributed by atoms with Crippen LogP contribution >= 0.6 is 11.6 Å². The Morgan fingerprint density at radius 3 is 2.37 bits per heavy atom. The highest BCUT2D eigenvalue weighted by Crippen LogP contribution is 2.54. The molecule has 1 atom stereocenters. The van der Waals surface area contributed by atoms with Gasteiger partial charge in [0.05, 0.1) is 11.3 Å². The van der Waals surface area contributed by atoms with E-state index in [0.717, 1.165) is 31.6 Å². The summed E-state index contributed by atoms with van der Waals surface area (Å²) in [7, 11) is -4.24. The van der Waals surface area contributed by atoms with E-state index in [1.54, 1.807) is 25.1 Å². The molecule has 4 aliphatic rings. The molecule has 0 radical (unpaired) electrons. The van der Waals surface area contributed by atoms with Crippen LogP contribution in [0.4, 0.5) is 11.5 Å². The summed E-state index contributed by atoms with van der Waals surface area (Å²) in [6.07, 6.45) is 6.25. The number of ether oxygens (including phenoxy) is 1. The van der Waals surface area contributed by atoms with Gasteiger partial charge in [-0.2, -0.15) is 8.42 Å². The topological polar surface area (TPSA) is 112 Å². The standard InChI is InChI=1S/C27H33ClN4O5S/c1-25(34)11-14-32(18-25)22-3-2-4-23(29-22)38(35,36)30-24(33)27(9-10-27)37-21-17-19(28)5-6-20(21)31-15-12-26(7-8-26)13-16-31/h2-6,17,34H,7-16,18H2,1H3,(H,30,33)/t25-/m0/s1. The Morgan fingerprint density at radius 1 is 1.03 bits per heavy atom. The van der Waals surface area contributed by atoms with E-state index < -0.39 is 27.1 Å². The fourth-order valence-electron chi connectivity index (χ4n) is 5.57. The normalized spacial score (nSPS) is 25.3. The zero-order chi connectivity index (χ0) is 26.8. The molecule has 9 nitrogen and oxygen atoms in total. The summed E-state index contributed by atoms with van der Waals surface area (Å²) in [5.41, 5.74) is -0.727. The molecule has 2 N–H and O–H groups in total. The Hall–Kier alpha value is -2.56. The minimum absolute atomic E-state index is 0.253. The monoisotopic (exact) mass is 560 g/mol. The highest BCUT2D eigenvalue weighted by Gasteiger charge is 2.55. The lowest BCUT2D eigenvalue weighted by molar-refractivity contribution is -0.127. The Morgan fingerprint density at radius 2 is 1.74 bits per heavy atom. The van der Waals surface area contributed by atoms with Crippen molar-refractivity contribution in [2.75, 3.05) is 36.0 Å². The minimum Gasteiger partial charge on any atom is -0.475 e. The summed E-state index contributed by atoms with van der Waals surface area (Å²) in [5.74, 6) is 0.222. The van der Waals surface area contributed by atoms with Crippen LogP contribution < -0.4 is 19.3 Å². The number of piperidine rings is 1. The molecule has 11 heteroatoms. The number of hydrogen-bond donors (Lipinski definition) is 2. The van der Waals surface area contributed by atoms with Crippen LogP contribution in [0.1, 0.15) is 51.9 Å². The number of nitrogens with one attached hydrogen (secondary N) is 1. The number of nitrogens with zero attached hydrogens (tertiary/aromatic N) is 3.